The van der Waals surface area contributed by atoms with Gasteiger partial charge in [0.25, 0.3) is 0 Å². The van der Waals surface area contributed by atoms with Crippen LogP contribution in [0, 0.1) is 0 Å². The highest BCUT2D eigenvalue weighted by Crippen LogP contribution is 2.40. The Morgan fingerprint density at radius 3 is 2.76 bits per heavy atom. The summed E-state index contributed by atoms with van der Waals surface area (Å²) in [5.74, 6) is 1.71. The molecule has 0 spiro atoms. The van der Waals surface area contributed by atoms with Crippen molar-refractivity contribution < 1.29 is 4.52 Å². The van der Waals surface area contributed by atoms with Gasteiger partial charge < -0.3 is 15.2 Å². The molecule has 1 atom stereocenters. The number of rotatable bonds is 7. The molecule has 17 heavy (non-hydrogen) atoms. The quantitative estimate of drug-likeness (QED) is 0.762. The van der Waals surface area contributed by atoms with Gasteiger partial charge in [0.2, 0.25) is 0 Å². The van der Waals surface area contributed by atoms with Crippen molar-refractivity contribution in [3.63, 3.8) is 0 Å². The number of hydrogen-bond acceptors (Lipinski definition) is 4. The van der Waals surface area contributed by atoms with Crippen molar-refractivity contribution in [2.24, 2.45) is 0 Å². The molecule has 1 heterocycles. The topological polar surface area (TPSA) is 50.1 Å². The zero-order chi connectivity index (χ0) is 12.3. The van der Waals surface area contributed by atoms with Gasteiger partial charge >= 0.3 is 0 Å². The maximum atomic E-state index is 5.31. The van der Waals surface area contributed by atoms with Crippen molar-refractivity contribution in [2.75, 3.05) is 6.54 Å². The van der Waals surface area contributed by atoms with Crippen molar-refractivity contribution in [3.8, 4) is 0 Å². The van der Waals surface area contributed by atoms with Crippen molar-refractivity contribution in [1.82, 2.24) is 15.8 Å². The van der Waals surface area contributed by atoms with Crippen LogP contribution in [-0.2, 0) is 6.54 Å². The van der Waals surface area contributed by atoms with Crippen LogP contribution in [0.2, 0.25) is 0 Å². The highest BCUT2D eigenvalue weighted by atomic mass is 16.5. The van der Waals surface area contributed by atoms with Gasteiger partial charge in [-0.1, -0.05) is 19.0 Å². The molecule has 1 unspecified atom stereocenters. The van der Waals surface area contributed by atoms with E-state index in [0.717, 1.165) is 24.5 Å². The molecule has 96 valence electrons. The van der Waals surface area contributed by atoms with Gasteiger partial charge in [-0.2, -0.15) is 0 Å². The van der Waals surface area contributed by atoms with E-state index in [1.165, 1.54) is 12.8 Å². The Labute approximate surface area is 103 Å². The van der Waals surface area contributed by atoms with Crippen LogP contribution in [0.5, 0.6) is 0 Å². The van der Waals surface area contributed by atoms with Gasteiger partial charge in [0.1, 0.15) is 5.76 Å². The van der Waals surface area contributed by atoms with E-state index in [9.17, 15) is 0 Å². The van der Waals surface area contributed by atoms with Crippen LogP contribution < -0.4 is 10.6 Å². The summed E-state index contributed by atoms with van der Waals surface area (Å²) >= 11 is 0. The van der Waals surface area contributed by atoms with Crippen molar-refractivity contribution >= 4 is 0 Å². The lowest BCUT2D eigenvalue weighted by molar-refractivity contribution is 0.373. The Kier molecular flexibility index (Phi) is 4.18. The fourth-order valence-electron chi connectivity index (χ4n) is 1.74. The van der Waals surface area contributed by atoms with E-state index in [0.29, 0.717) is 18.0 Å². The van der Waals surface area contributed by atoms with E-state index in [4.69, 9.17) is 4.52 Å². The van der Waals surface area contributed by atoms with E-state index < -0.39 is 0 Å². The van der Waals surface area contributed by atoms with Crippen LogP contribution in [0.1, 0.15) is 51.0 Å². The first-order valence-corrected chi connectivity index (χ1v) is 6.57. The van der Waals surface area contributed by atoms with Crippen LogP contribution in [0.4, 0.5) is 0 Å². The summed E-state index contributed by atoms with van der Waals surface area (Å²) < 4.78 is 5.31. The Bertz CT molecular complexity index is 344. The average molecular weight is 237 g/mol. The molecule has 0 amide bonds. The van der Waals surface area contributed by atoms with Crippen molar-refractivity contribution in [3.05, 3.63) is 17.5 Å². The maximum Gasteiger partial charge on any atom is 0.140 e. The lowest BCUT2D eigenvalue weighted by atomic mass is 10.2. The van der Waals surface area contributed by atoms with Gasteiger partial charge in [-0.3, -0.25) is 0 Å². The van der Waals surface area contributed by atoms with E-state index in [-0.39, 0.29) is 0 Å². The van der Waals surface area contributed by atoms with Gasteiger partial charge in [0.05, 0.1) is 5.69 Å². The summed E-state index contributed by atoms with van der Waals surface area (Å²) in [6.45, 7) is 8.26. The second-order valence-corrected chi connectivity index (χ2v) is 5.34. The Balaban J connectivity index is 1.69. The summed E-state index contributed by atoms with van der Waals surface area (Å²) in [6.07, 6.45) is 2.52. The molecule has 1 fully saturated rings. The molecule has 0 radical (unpaired) electrons. The minimum absolute atomic E-state index is 0.443. The van der Waals surface area contributed by atoms with Crippen LogP contribution in [0.15, 0.2) is 10.6 Å². The number of aromatic nitrogens is 1. The second kappa shape index (κ2) is 5.65. The Morgan fingerprint density at radius 1 is 1.35 bits per heavy atom. The van der Waals surface area contributed by atoms with E-state index in [2.05, 4.69) is 42.6 Å². The lowest BCUT2D eigenvalue weighted by Gasteiger charge is -2.15. The monoisotopic (exact) mass is 237 g/mol. The molecule has 0 bridgehead atoms. The Hall–Kier alpha value is -0.870. The SMILES string of the molecule is CC(C)NCC(C)NCc1cc(C2CC2)on1. The van der Waals surface area contributed by atoms with Gasteiger partial charge in [-0.25, -0.2) is 0 Å². The molecular weight excluding hydrogens is 214 g/mol. The first-order chi connectivity index (χ1) is 8.15. The van der Waals surface area contributed by atoms with Crippen molar-refractivity contribution in [1.29, 1.82) is 0 Å². The van der Waals surface area contributed by atoms with Crippen molar-refractivity contribution in [2.45, 2.75) is 58.2 Å². The lowest BCUT2D eigenvalue weighted by Crippen LogP contribution is -2.38. The molecule has 0 aliphatic heterocycles. The van der Waals surface area contributed by atoms with Gasteiger partial charge in [0, 0.05) is 37.2 Å². The number of nitrogens with zero attached hydrogens (tertiary/aromatic N) is 1. The summed E-state index contributed by atoms with van der Waals surface area (Å²) in [7, 11) is 0. The number of nitrogens with one attached hydrogen (secondary N) is 2. The normalized spacial score (nSPS) is 17.6. The summed E-state index contributed by atoms with van der Waals surface area (Å²) in [4.78, 5) is 0. The van der Waals surface area contributed by atoms with Crippen LogP contribution >= 0.6 is 0 Å². The zero-order valence-corrected chi connectivity index (χ0v) is 11.0. The van der Waals surface area contributed by atoms with Crippen LogP contribution in [0.3, 0.4) is 0 Å². The maximum absolute atomic E-state index is 5.31. The van der Waals surface area contributed by atoms with Gasteiger partial charge in [-0.05, 0) is 19.8 Å². The zero-order valence-electron chi connectivity index (χ0n) is 11.0. The largest absolute Gasteiger partial charge is 0.361 e. The predicted octanol–water partition coefficient (Wildman–Crippen LogP) is 2.03. The molecule has 1 aromatic rings. The molecule has 4 nitrogen and oxygen atoms in total. The third-order valence-electron chi connectivity index (χ3n) is 3.02. The molecule has 2 N–H and O–H groups in total. The summed E-state index contributed by atoms with van der Waals surface area (Å²) in [6, 6.07) is 3.07. The average Bonchev–Trinajstić information content (AvgIpc) is 3.04. The van der Waals surface area contributed by atoms with Gasteiger partial charge in [-0.15, -0.1) is 0 Å². The first kappa shape index (κ1) is 12.6. The standard InChI is InChI=1S/C13H23N3O/c1-9(2)14-7-10(3)15-8-12-6-13(17-16-12)11-4-5-11/h6,9-11,14-15H,4-5,7-8H2,1-3H3. The molecule has 1 aromatic heterocycles. The third-order valence-corrected chi connectivity index (χ3v) is 3.02. The van der Waals surface area contributed by atoms with E-state index >= 15 is 0 Å². The molecule has 1 aliphatic carbocycles. The molecule has 1 saturated carbocycles. The fourth-order valence-corrected chi connectivity index (χ4v) is 1.74. The molecular formula is C13H23N3O. The highest BCUT2D eigenvalue weighted by Gasteiger charge is 2.27. The summed E-state index contributed by atoms with van der Waals surface area (Å²) in [5.41, 5.74) is 1.02. The van der Waals surface area contributed by atoms with Gasteiger partial charge in [0.15, 0.2) is 0 Å². The summed E-state index contributed by atoms with van der Waals surface area (Å²) in [5, 5.41) is 10.9. The molecule has 1 aliphatic rings. The molecule has 0 saturated heterocycles. The minimum Gasteiger partial charge on any atom is -0.361 e. The first-order valence-electron chi connectivity index (χ1n) is 6.57. The van der Waals surface area contributed by atoms with Crippen LogP contribution in [0.25, 0.3) is 0 Å². The predicted molar refractivity (Wildman–Crippen MR) is 67.9 cm³/mol. The molecule has 0 aromatic carbocycles. The highest BCUT2D eigenvalue weighted by molar-refractivity contribution is 5.14. The fraction of sp³-hybridized carbons (Fsp3) is 0.769. The smallest absolute Gasteiger partial charge is 0.140 e. The molecule has 2 rings (SSSR count). The van der Waals surface area contributed by atoms with E-state index in [1.807, 2.05) is 0 Å². The third kappa shape index (κ3) is 4.13. The van der Waals surface area contributed by atoms with E-state index in [1.54, 1.807) is 0 Å². The minimum atomic E-state index is 0.443. The van der Waals surface area contributed by atoms with Crippen LogP contribution in [-0.4, -0.2) is 23.8 Å². The number of hydrogen-bond donors (Lipinski definition) is 2. The molecule has 4 heteroatoms. The second-order valence-electron chi connectivity index (χ2n) is 5.34. The Morgan fingerprint density at radius 2 is 2.12 bits per heavy atom.